The number of hydrogen-bond acceptors (Lipinski definition) is 3. The van der Waals surface area contributed by atoms with Crippen molar-refractivity contribution in [3.8, 4) is 0 Å². The predicted molar refractivity (Wildman–Crippen MR) is 70.3 cm³/mol. The molecule has 6 heteroatoms. The van der Waals surface area contributed by atoms with Gasteiger partial charge in [0.05, 0.1) is 0 Å². The lowest BCUT2D eigenvalue weighted by atomic mass is 10.0. The van der Waals surface area contributed by atoms with E-state index >= 15 is 0 Å². The second kappa shape index (κ2) is 5.45. The fraction of sp³-hybridized carbons (Fsp3) is 1.00. The lowest BCUT2D eigenvalue weighted by Crippen LogP contribution is -2.49. The first-order valence-corrected chi connectivity index (χ1v) is 8.22. The largest absolute Gasteiger partial charge is 0.396 e. The first-order chi connectivity index (χ1) is 8.45. The minimum absolute atomic E-state index is 0.0813. The zero-order valence-electron chi connectivity index (χ0n) is 11.2. The molecule has 0 saturated carbocycles. The van der Waals surface area contributed by atoms with Crippen molar-refractivity contribution in [3.05, 3.63) is 0 Å². The summed E-state index contributed by atoms with van der Waals surface area (Å²) in [6, 6.07) is 0.0968. The number of hydrogen-bond donors (Lipinski definition) is 1. The van der Waals surface area contributed by atoms with Gasteiger partial charge in [0, 0.05) is 32.3 Å². The molecule has 106 valence electrons. The Morgan fingerprint density at radius 2 is 2.00 bits per heavy atom. The van der Waals surface area contributed by atoms with Gasteiger partial charge in [-0.15, -0.1) is 0 Å². The quantitative estimate of drug-likeness (QED) is 0.824. The molecule has 2 saturated heterocycles. The van der Waals surface area contributed by atoms with Crippen molar-refractivity contribution in [2.75, 3.05) is 26.2 Å². The molecule has 0 aromatic rings. The van der Waals surface area contributed by atoms with Crippen LogP contribution in [0.4, 0.5) is 0 Å². The Morgan fingerprint density at radius 3 is 2.56 bits per heavy atom. The average molecular weight is 276 g/mol. The number of aliphatic hydroxyl groups excluding tert-OH is 1. The second-order valence-electron chi connectivity index (χ2n) is 5.82. The number of nitrogens with zero attached hydrogens (tertiary/aromatic N) is 2. The van der Waals surface area contributed by atoms with Crippen LogP contribution in [0.5, 0.6) is 0 Å². The van der Waals surface area contributed by atoms with Gasteiger partial charge in [-0.3, -0.25) is 0 Å². The highest BCUT2D eigenvalue weighted by Crippen LogP contribution is 2.29. The van der Waals surface area contributed by atoms with Crippen LogP contribution < -0.4 is 0 Å². The van der Waals surface area contributed by atoms with Gasteiger partial charge in [0.25, 0.3) is 10.2 Å². The summed E-state index contributed by atoms with van der Waals surface area (Å²) in [5, 5.41) is 9.20. The van der Waals surface area contributed by atoms with Crippen molar-refractivity contribution in [1.82, 2.24) is 8.61 Å². The second-order valence-corrected chi connectivity index (χ2v) is 7.70. The predicted octanol–water partition coefficient (Wildman–Crippen LogP) is 0.666. The van der Waals surface area contributed by atoms with Crippen molar-refractivity contribution in [2.24, 2.45) is 11.8 Å². The maximum Gasteiger partial charge on any atom is 0.282 e. The lowest BCUT2D eigenvalue weighted by Gasteiger charge is -2.35. The number of aliphatic hydroxyl groups is 1. The highest BCUT2D eigenvalue weighted by atomic mass is 32.2. The van der Waals surface area contributed by atoms with Crippen LogP contribution in [0.2, 0.25) is 0 Å². The van der Waals surface area contributed by atoms with Gasteiger partial charge in [-0.1, -0.05) is 6.92 Å². The van der Waals surface area contributed by atoms with E-state index in [2.05, 4.69) is 6.92 Å². The third-order valence-corrected chi connectivity index (χ3v) is 6.18. The summed E-state index contributed by atoms with van der Waals surface area (Å²) in [4.78, 5) is 0. The van der Waals surface area contributed by atoms with Crippen LogP contribution in [0.15, 0.2) is 0 Å². The van der Waals surface area contributed by atoms with Crippen LogP contribution >= 0.6 is 0 Å². The first-order valence-electron chi connectivity index (χ1n) is 6.83. The first kappa shape index (κ1) is 14.2. The van der Waals surface area contributed by atoms with Gasteiger partial charge >= 0.3 is 0 Å². The van der Waals surface area contributed by atoms with Crippen LogP contribution in [0.25, 0.3) is 0 Å². The molecule has 0 spiro atoms. The fourth-order valence-electron chi connectivity index (χ4n) is 3.12. The van der Waals surface area contributed by atoms with Gasteiger partial charge < -0.3 is 5.11 Å². The normalized spacial score (nSPS) is 36.1. The van der Waals surface area contributed by atoms with E-state index in [1.165, 1.54) is 0 Å². The third-order valence-electron chi connectivity index (χ3n) is 4.09. The molecule has 0 aromatic heterocycles. The Morgan fingerprint density at radius 1 is 1.28 bits per heavy atom. The summed E-state index contributed by atoms with van der Waals surface area (Å²) in [7, 11) is -3.33. The Balaban J connectivity index is 2.10. The van der Waals surface area contributed by atoms with E-state index < -0.39 is 10.2 Å². The summed E-state index contributed by atoms with van der Waals surface area (Å²) in [5.74, 6) is 0.539. The Bertz CT molecular complexity index is 385. The smallest absolute Gasteiger partial charge is 0.282 e. The highest BCUT2D eigenvalue weighted by Gasteiger charge is 2.40. The third kappa shape index (κ3) is 2.71. The van der Waals surface area contributed by atoms with E-state index in [4.69, 9.17) is 0 Å². The standard InChI is InChI=1S/C12H24N2O3S/c1-10-6-11(2)14(7-10)18(16,17)13-5-3-4-12(8-13)9-15/h10-12,15H,3-9H2,1-2H3. The molecule has 0 aromatic carbocycles. The van der Waals surface area contributed by atoms with Crippen LogP contribution in [0.1, 0.15) is 33.1 Å². The van der Waals surface area contributed by atoms with Crippen LogP contribution in [0, 0.1) is 11.8 Å². The molecular formula is C12H24N2O3S. The topological polar surface area (TPSA) is 60.9 Å². The van der Waals surface area contributed by atoms with Crippen LogP contribution in [-0.4, -0.2) is 54.4 Å². The maximum absolute atomic E-state index is 12.6. The molecule has 3 atom stereocenters. The zero-order chi connectivity index (χ0) is 13.3. The van der Waals surface area contributed by atoms with E-state index in [1.54, 1.807) is 8.61 Å². The van der Waals surface area contributed by atoms with Gasteiger partial charge in [-0.2, -0.15) is 17.0 Å². The van der Waals surface area contributed by atoms with Gasteiger partial charge in [-0.05, 0) is 38.0 Å². The molecular weight excluding hydrogens is 252 g/mol. The molecule has 2 aliphatic rings. The molecule has 1 N–H and O–H groups in total. The lowest BCUT2D eigenvalue weighted by molar-refractivity contribution is 0.160. The average Bonchev–Trinajstić information content (AvgIpc) is 2.69. The molecule has 3 unspecified atom stereocenters. The van der Waals surface area contributed by atoms with Crippen molar-refractivity contribution >= 4 is 10.2 Å². The zero-order valence-corrected chi connectivity index (χ0v) is 12.1. The van der Waals surface area contributed by atoms with E-state index in [0.717, 1.165) is 19.3 Å². The van der Waals surface area contributed by atoms with E-state index in [-0.39, 0.29) is 18.6 Å². The number of rotatable bonds is 3. The summed E-state index contributed by atoms with van der Waals surface area (Å²) in [6.07, 6.45) is 2.72. The molecule has 5 nitrogen and oxygen atoms in total. The van der Waals surface area contributed by atoms with Crippen molar-refractivity contribution in [3.63, 3.8) is 0 Å². The molecule has 0 aliphatic carbocycles. The minimum Gasteiger partial charge on any atom is -0.396 e. The highest BCUT2D eigenvalue weighted by molar-refractivity contribution is 7.86. The Kier molecular flexibility index (Phi) is 4.31. The molecule has 2 rings (SSSR count). The summed E-state index contributed by atoms with van der Waals surface area (Å²) in [6.45, 7) is 5.85. The molecule has 0 amide bonds. The van der Waals surface area contributed by atoms with Crippen molar-refractivity contribution < 1.29 is 13.5 Å². The molecule has 2 heterocycles. The number of piperidine rings is 1. The van der Waals surface area contributed by atoms with Gasteiger partial charge in [0.15, 0.2) is 0 Å². The molecule has 18 heavy (non-hydrogen) atoms. The fourth-order valence-corrected chi connectivity index (χ4v) is 5.16. The van der Waals surface area contributed by atoms with E-state index in [9.17, 15) is 13.5 Å². The van der Waals surface area contributed by atoms with Crippen LogP contribution in [-0.2, 0) is 10.2 Å². The summed E-state index contributed by atoms with van der Waals surface area (Å²) >= 11 is 0. The SMILES string of the molecule is CC1CC(C)N(S(=O)(=O)N2CCCC(CO)C2)C1. The Labute approximate surface area is 110 Å². The summed E-state index contributed by atoms with van der Waals surface area (Å²) < 4.78 is 28.3. The Hall–Kier alpha value is -0.170. The minimum atomic E-state index is -3.33. The van der Waals surface area contributed by atoms with E-state index in [1.807, 2.05) is 6.92 Å². The molecule has 0 bridgehead atoms. The van der Waals surface area contributed by atoms with Gasteiger partial charge in [0.2, 0.25) is 0 Å². The van der Waals surface area contributed by atoms with Crippen molar-refractivity contribution in [2.45, 2.75) is 39.2 Å². The summed E-state index contributed by atoms with van der Waals surface area (Å²) in [5.41, 5.74) is 0. The molecule has 2 aliphatic heterocycles. The molecule has 2 fully saturated rings. The van der Waals surface area contributed by atoms with Crippen LogP contribution in [0.3, 0.4) is 0 Å². The molecule has 0 radical (unpaired) electrons. The van der Waals surface area contributed by atoms with E-state index in [0.29, 0.717) is 25.6 Å². The van der Waals surface area contributed by atoms with Crippen molar-refractivity contribution in [1.29, 1.82) is 0 Å². The maximum atomic E-state index is 12.6. The van der Waals surface area contributed by atoms with Gasteiger partial charge in [0.1, 0.15) is 0 Å². The van der Waals surface area contributed by atoms with Gasteiger partial charge in [-0.25, -0.2) is 0 Å². The monoisotopic (exact) mass is 276 g/mol.